The number of ether oxygens (including phenoxy) is 12. The van der Waals surface area contributed by atoms with Gasteiger partial charge in [0, 0.05) is 66.3 Å². The number of benzene rings is 4. The van der Waals surface area contributed by atoms with Gasteiger partial charge in [-0.3, -0.25) is 9.59 Å². The number of carbonyl (C=O) groups is 2. The fraction of sp³-hybridized carbons (Fsp3) is 0.381. The minimum Gasteiger partial charge on any atom is -0.496 e. The summed E-state index contributed by atoms with van der Waals surface area (Å²) < 4.78 is 72.1. The second kappa shape index (κ2) is 16.7. The summed E-state index contributed by atoms with van der Waals surface area (Å²) in [5.41, 5.74) is 2.89. The molecular formula is C42H46O14. The van der Waals surface area contributed by atoms with Crippen LogP contribution in [0.1, 0.15) is 59.8 Å². The first-order valence-electron chi connectivity index (χ1n) is 17.7. The van der Waals surface area contributed by atoms with Crippen LogP contribution >= 0.6 is 0 Å². The number of fused-ring (bicyclic) bond motifs is 2. The monoisotopic (exact) mass is 774 g/mol. The van der Waals surface area contributed by atoms with Gasteiger partial charge < -0.3 is 56.8 Å². The second-order valence-electron chi connectivity index (χ2n) is 13.0. The van der Waals surface area contributed by atoms with Crippen LogP contribution in [0.25, 0.3) is 0 Å². The lowest BCUT2D eigenvalue weighted by atomic mass is 9.77. The highest BCUT2D eigenvalue weighted by atomic mass is 16.6. The van der Waals surface area contributed by atoms with Crippen LogP contribution < -0.4 is 47.4 Å². The number of esters is 2. The van der Waals surface area contributed by atoms with E-state index in [4.69, 9.17) is 56.8 Å². The molecule has 2 aliphatic heterocycles. The molecule has 14 heteroatoms. The molecule has 2 aliphatic rings. The Morgan fingerprint density at radius 3 is 1.59 bits per heavy atom. The zero-order valence-electron chi connectivity index (χ0n) is 33.0. The van der Waals surface area contributed by atoms with Crippen molar-refractivity contribution in [2.45, 2.75) is 50.6 Å². The third kappa shape index (κ3) is 7.30. The molecule has 0 spiro atoms. The molecule has 5 atom stereocenters. The van der Waals surface area contributed by atoms with Crippen LogP contribution in [0.2, 0.25) is 0 Å². The number of rotatable bonds is 13. The number of hydrogen-bond donors (Lipinski definition) is 0. The SMILES string of the molecule is COc1cc(OC)c2c(c1)OC(c1ccc(OC)c(OC)c1)C(OC(C)=O)C2c1c(OC)cc(OC)c2c1OC(c1ccc(OC)c(OC)c1)C(OC(C)=O)C2. The Bertz CT molecular complexity index is 2090. The highest BCUT2D eigenvalue weighted by molar-refractivity contribution is 5.70. The van der Waals surface area contributed by atoms with E-state index in [1.165, 1.54) is 49.4 Å². The number of methoxy groups -OCH3 is 8. The lowest BCUT2D eigenvalue weighted by molar-refractivity contribution is -0.154. The van der Waals surface area contributed by atoms with E-state index in [0.29, 0.717) is 85.3 Å². The summed E-state index contributed by atoms with van der Waals surface area (Å²) in [4.78, 5) is 25.7. The van der Waals surface area contributed by atoms with Crippen LogP contribution in [0.15, 0.2) is 54.6 Å². The molecule has 0 aliphatic carbocycles. The first-order valence-corrected chi connectivity index (χ1v) is 17.7. The van der Waals surface area contributed by atoms with Crippen molar-refractivity contribution in [3.8, 4) is 57.5 Å². The minimum absolute atomic E-state index is 0.182. The van der Waals surface area contributed by atoms with Crippen molar-refractivity contribution >= 4 is 11.9 Å². The average molecular weight is 775 g/mol. The van der Waals surface area contributed by atoms with Gasteiger partial charge in [-0.2, -0.15) is 0 Å². The number of carbonyl (C=O) groups excluding carboxylic acids is 2. The highest BCUT2D eigenvalue weighted by Crippen LogP contribution is 2.58. The summed E-state index contributed by atoms with van der Waals surface area (Å²) in [5, 5.41) is 0. The molecule has 0 radical (unpaired) electrons. The molecule has 6 rings (SSSR count). The van der Waals surface area contributed by atoms with E-state index < -0.39 is 42.3 Å². The van der Waals surface area contributed by atoms with E-state index in [0.717, 1.165) is 0 Å². The maximum Gasteiger partial charge on any atom is 0.303 e. The van der Waals surface area contributed by atoms with Gasteiger partial charge in [0.05, 0.1) is 62.8 Å². The van der Waals surface area contributed by atoms with Gasteiger partial charge in [0.25, 0.3) is 0 Å². The molecule has 0 N–H and O–H groups in total. The van der Waals surface area contributed by atoms with Crippen molar-refractivity contribution in [2.24, 2.45) is 0 Å². The van der Waals surface area contributed by atoms with Gasteiger partial charge in [0.1, 0.15) is 40.6 Å². The molecule has 5 unspecified atom stereocenters. The quantitative estimate of drug-likeness (QED) is 0.135. The maximum absolute atomic E-state index is 13.2. The molecule has 56 heavy (non-hydrogen) atoms. The van der Waals surface area contributed by atoms with Crippen LogP contribution in [0.3, 0.4) is 0 Å². The van der Waals surface area contributed by atoms with Crippen molar-refractivity contribution in [1.29, 1.82) is 0 Å². The molecule has 2 heterocycles. The van der Waals surface area contributed by atoms with E-state index in [-0.39, 0.29) is 6.42 Å². The zero-order chi connectivity index (χ0) is 40.3. The molecule has 0 fully saturated rings. The average Bonchev–Trinajstić information content (AvgIpc) is 3.21. The van der Waals surface area contributed by atoms with Crippen molar-refractivity contribution in [3.05, 3.63) is 82.4 Å². The summed E-state index contributed by atoms with van der Waals surface area (Å²) in [6.07, 6.45) is -3.44. The van der Waals surface area contributed by atoms with Crippen LogP contribution in [-0.4, -0.2) is 81.0 Å². The Morgan fingerprint density at radius 1 is 0.536 bits per heavy atom. The normalized spacial score (nSPS) is 19.4. The van der Waals surface area contributed by atoms with Crippen LogP contribution in [0.5, 0.6) is 57.5 Å². The summed E-state index contributed by atoms with van der Waals surface area (Å²) in [6.45, 7) is 2.67. The molecule has 0 bridgehead atoms. The van der Waals surface area contributed by atoms with Crippen LogP contribution in [-0.2, 0) is 25.5 Å². The Morgan fingerprint density at radius 2 is 1.07 bits per heavy atom. The molecule has 4 aromatic carbocycles. The fourth-order valence-corrected chi connectivity index (χ4v) is 7.51. The molecule has 14 nitrogen and oxygen atoms in total. The third-order valence-corrected chi connectivity index (χ3v) is 9.90. The third-order valence-electron chi connectivity index (χ3n) is 9.90. The second-order valence-corrected chi connectivity index (χ2v) is 13.0. The topological polar surface area (TPSA) is 145 Å². The smallest absolute Gasteiger partial charge is 0.303 e. The summed E-state index contributed by atoms with van der Waals surface area (Å²) >= 11 is 0. The van der Waals surface area contributed by atoms with E-state index in [1.54, 1.807) is 63.8 Å². The van der Waals surface area contributed by atoms with Crippen LogP contribution in [0.4, 0.5) is 0 Å². The number of hydrogen-bond acceptors (Lipinski definition) is 14. The van der Waals surface area contributed by atoms with Gasteiger partial charge in [-0.25, -0.2) is 0 Å². The minimum atomic E-state index is -1.05. The Balaban J connectivity index is 1.67. The van der Waals surface area contributed by atoms with Gasteiger partial charge in [0.2, 0.25) is 0 Å². The first-order chi connectivity index (χ1) is 27.0. The van der Waals surface area contributed by atoms with Crippen molar-refractivity contribution in [2.75, 3.05) is 56.9 Å². The largest absolute Gasteiger partial charge is 0.496 e. The van der Waals surface area contributed by atoms with Gasteiger partial charge in [-0.15, -0.1) is 0 Å². The molecule has 0 saturated carbocycles. The Kier molecular flexibility index (Phi) is 11.8. The summed E-state index contributed by atoms with van der Waals surface area (Å²) in [7, 11) is 12.3. The highest BCUT2D eigenvalue weighted by Gasteiger charge is 2.49. The predicted molar refractivity (Wildman–Crippen MR) is 202 cm³/mol. The first kappa shape index (κ1) is 39.5. The predicted octanol–water partition coefficient (Wildman–Crippen LogP) is 6.56. The maximum atomic E-state index is 13.2. The van der Waals surface area contributed by atoms with Crippen LogP contribution in [0, 0.1) is 0 Å². The Hall–Kier alpha value is -6.18. The Labute approximate surface area is 325 Å². The van der Waals surface area contributed by atoms with Gasteiger partial charge in [-0.1, -0.05) is 12.1 Å². The molecule has 0 saturated heterocycles. The zero-order valence-corrected chi connectivity index (χ0v) is 33.0. The van der Waals surface area contributed by atoms with Crippen molar-refractivity contribution < 1.29 is 66.4 Å². The lowest BCUT2D eigenvalue weighted by Crippen LogP contribution is -2.40. The standard InChI is InChI=1S/C42H46O14/c1-21(43)53-35-19-26-29(48-6)20-33(52-10)37(41(26)56-39(35)23-11-13-27(46-4)30(15-23)49-7)38-36-32(51-9)17-25(45-3)18-34(36)55-40(42(38)54-22(2)44)24-12-14-28(47-5)31(16-24)50-8/h11-18,20,35,38-40,42H,19H2,1-10H3. The van der Waals surface area contributed by atoms with E-state index in [1.807, 2.05) is 12.1 Å². The molecule has 0 amide bonds. The van der Waals surface area contributed by atoms with Gasteiger partial charge in [0.15, 0.2) is 41.3 Å². The van der Waals surface area contributed by atoms with Crippen molar-refractivity contribution in [1.82, 2.24) is 0 Å². The molecule has 0 aromatic heterocycles. The van der Waals surface area contributed by atoms with Gasteiger partial charge in [-0.05, 0) is 24.3 Å². The fourth-order valence-electron chi connectivity index (χ4n) is 7.51. The lowest BCUT2D eigenvalue weighted by Gasteiger charge is -2.42. The molecule has 4 aromatic rings. The van der Waals surface area contributed by atoms with E-state index in [2.05, 4.69) is 0 Å². The molecular weight excluding hydrogens is 728 g/mol. The summed E-state index contributed by atoms with van der Waals surface area (Å²) in [5.74, 6) is 2.38. The summed E-state index contributed by atoms with van der Waals surface area (Å²) in [6, 6.07) is 15.9. The van der Waals surface area contributed by atoms with E-state index >= 15 is 0 Å². The van der Waals surface area contributed by atoms with Crippen molar-refractivity contribution in [3.63, 3.8) is 0 Å². The molecule has 298 valence electrons. The van der Waals surface area contributed by atoms with E-state index in [9.17, 15) is 9.59 Å². The van der Waals surface area contributed by atoms with Gasteiger partial charge >= 0.3 is 11.9 Å².